The summed E-state index contributed by atoms with van der Waals surface area (Å²) >= 11 is 0. The smallest absolute Gasteiger partial charge is 0.287 e. The van der Waals surface area contributed by atoms with Crippen LogP contribution in [0.1, 0.15) is 23.4 Å². The third-order valence-corrected chi connectivity index (χ3v) is 3.67. The second-order valence-electron chi connectivity index (χ2n) is 5.41. The number of carbonyl (C=O) groups excluding carboxylic acids is 3. The van der Waals surface area contributed by atoms with Crippen LogP contribution < -0.4 is 15.5 Å². The van der Waals surface area contributed by atoms with E-state index in [1.165, 1.54) is 12.3 Å². The maximum absolute atomic E-state index is 11.9. The zero-order valence-electron chi connectivity index (χ0n) is 13.0. The van der Waals surface area contributed by atoms with Crippen LogP contribution in [0.2, 0.25) is 0 Å². The Bertz CT molecular complexity index is 755. The van der Waals surface area contributed by atoms with Crippen LogP contribution >= 0.6 is 0 Å². The van der Waals surface area contributed by atoms with E-state index >= 15 is 0 Å². The van der Waals surface area contributed by atoms with Crippen LogP contribution in [0, 0.1) is 0 Å². The normalized spacial score (nSPS) is 13.8. The second-order valence-corrected chi connectivity index (χ2v) is 5.41. The molecule has 3 rings (SSSR count). The molecule has 0 radical (unpaired) electrons. The highest BCUT2D eigenvalue weighted by atomic mass is 16.3. The van der Waals surface area contributed by atoms with Crippen LogP contribution in [0.15, 0.2) is 47.1 Å². The lowest BCUT2D eigenvalue weighted by Crippen LogP contribution is -2.32. The molecule has 2 heterocycles. The fourth-order valence-electron chi connectivity index (χ4n) is 2.53. The summed E-state index contributed by atoms with van der Waals surface area (Å²) in [6.07, 6.45) is 2.78. The van der Waals surface area contributed by atoms with E-state index in [-0.39, 0.29) is 24.1 Å². The van der Waals surface area contributed by atoms with E-state index in [1.54, 1.807) is 29.2 Å². The van der Waals surface area contributed by atoms with E-state index in [2.05, 4.69) is 10.6 Å². The molecule has 1 aromatic heterocycles. The van der Waals surface area contributed by atoms with Crippen molar-refractivity contribution in [2.75, 3.05) is 23.3 Å². The molecule has 0 spiro atoms. The first kappa shape index (κ1) is 15.8. The van der Waals surface area contributed by atoms with E-state index < -0.39 is 5.91 Å². The fraction of sp³-hybridized carbons (Fsp3) is 0.235. The molecule has 0 saturated carbocycles. The summed E-state index contributed by atoms with van der Waals surface area (Å²) in [6, 6.07) is 10.2. The topological polar surface area (TPSA) is 91.7 Å². The van der Waals surface area contributed by atoms with Crippen LogP contribution in [0.4, 0.5) is 11.4 Å². The Morgan fingerprint density at radius 3 is 2.79 bits per heavy atom. The number of furan rings is 1. The summed E-state index contributed by atoms with van der Waals surface area (Å²) < 4.78 is 4.95. The highest BCUT2D eigenvalue weighted by molar-refractivity contribution is 5.99. The summed E-state index contributed by atoms with van der Waals surface area (Å²) in [5.74, 6) is -0.576. The molecule has 0 aliphatic carbocycles. The molecule has 0 bridgehead atoms. The van der Waals surface area contributed by atoms with Crippen molar-refractivity contribution in [1.29, 1.82) is 0 Å². The molecule has 0 unspecified atom stereocenters. The number of rotatable bonds is 5. The van der Waals surface area contributed by atoms with Crippen molar-refractivity contribution in [3.05, 3.63) is 48.4 Å². The molecule has 2 N–H and O–H groups in total. The van der Waals surface area contributed by atoms with Gasteiger partial charge in [-0.3, -0.25) is 14.4 Å². The Kier molecular flexibility index (Phi) is 4.60. The maximum atomic E-state index is 11.9. The molecule has 1 aliphatic heterocycles. The van der Waals surface area contributed by atoms with Gasteiger partial charge >= 0.3 is 0 Å². The van der Waals surface area contributed by atoms with Gasteiger partial charge in [0.25, 0.3) is 5.91 Å². The minimum Gasteiger partial charge on any atom is -0.459 e. The number of benzene rings is 1. The molecule has 7 nitrogen and oxygen atoms in total. The lowest BCUT2D eigenvalue weighted by atomic mass is 10.2. The third kappa shape index (κ3) is 3.62. The molecule has 1 saturated heterocycles. The Morgan fingerprint density at radius 2 is 2.08 bits per heavy atom. The predicted molar refractivity (Wildman–Crippen MR) is 87.7 cm³/mol. The van der Waals surface area contributed by atoms with Gasteiger partial charge in [0.2, 0.25) is 11.8 Å². The summed E-state index contributed by atoms with van der Waals surface area (Å²) in [5, 5.41) is 5.17. The van der Waals surface area contributed by atoms with Crippen molar-refractivity contribution < 1.29 is 18.8 Å². The van der Waals surface area contributed by atoms with Crippen molar-refractivity contribution in [2.45, 2.75) is 12.8 Å². The average molecular weight is 327 g/mol. The molecule has 3 amide bonds. The number of carbonyl (C=O) groups is 3. The SMILES string of the molecule is O=C(CNC(=O)c1ccco1)Nc1cccc(N2CCCC2=O)c1. The fourth-order valence-corrected chi connectivity index (χ4v) is 2.53. The van der Waals surface area contributed by atoms with Crippen LogP contribution in [0.25, 0.3) is 0 Å². The lowest BCUT2D eigenvalue weighted by Gasteiger charge is -2.16. The van der Waals surface area contributed by atoms with Gasteiger partial charge in [0.15, 0.2) is 5.76 Å². The van der Waals surface area contributed by atoms with E-state index in [0.717, 1.165) is 12.1 Å². The maximum Gasteiger partial charge on any atom is 0.287 e. The van der Waals surface area contributed by atoms with Crippen molar-refractivity contribution in [3.8, 4) is 0 Å². The number of amides is 3. The minimum atomic E-state index is -0.452. The molecular weight excluding hydrogens is 310 g/mol. The first-order valence-corrected chi connectivity index (χ1v) is 7.65. The monoisotopic (exact) mass is 327 g/mol. The summed E-state index contributed by atoms with van der Waals surface area (Å²) in [7, 11) is 0. The highest BCUT2D eigenvalue weighted by Gasteiger charge is 2.21. The van der Waals surface area contributed by atoms with Gasteiger partial charge in [-0.1, -0.05) is 6.07 Å². The predicted octanol–water partition coefficient (Wildman–Crippen LogP) is 1.77. The summed E-state index contributed by atoms with van der Waals surface area (Å²) in [6.45, 7) is 0.516. The van der Waals surface area contributed by atoms with Crippen LogP contribution in [0.3, 0.4) is 0 Å². The van der Waals surface area contributed by atoms with E-state index in [4.69, 9.17) is 4.42 Å². The Balaban J connectivity index is 1.56. The van der Waals surface area contributed by atoms with Gasteiger partial charge in [-0.15, -0.1) is 0 Å². The van der Waals surface area contributed by atoms with Gasteiger partial charge < -0.3 is 20.0 Å². The van der Waals surface area contributed by atoms with Gasteiger partial charge in [-0.25, -0.2) is 0 Å². The van der Waals surface area contributed by atoms with Crippen molar-refractivity contribution in [2.24, 2.45) is 0 Å². The van der Waals surface area contributed by atoms with E-state index in [9.17, 15) is 14.4 Å². The highest BCUT2D eigenvalue weighted by Crippen LogP contribution is 2.24. The quantitative estimate of drug-likeness (QED) is 0.875. The molecule has 7 heteroatoms. The largest absolute Gasteiger partial charge is 0.459 e. The average Bonchev–Trinajstić information content (AvgIpc) is 3.24. The molecule has 1 fully saturated rings. The first-order chi connectivity index (χ1) is 11.6. The Morgan fingerprint density at radius 1 is 1.21 bits per heavy atom. The molecular formula is C17H17N3O4. The number of nitrogens with zero attached hydrogens (tertiary/aromatic N) is 1. The lowest BCUT2D eigenvalue weighted by molar-refractivity contribution is -0.117. The summed E-state index contributed by atoms with van der Waals surface area (Å²) in [5.41, 5.74) is 1.33. The molecule has 124 valence electrons. The van der Waals surface area contributed by atoms with Crippen molar-refractivity contribution in [1.82, 2.24) is 5.32 Å². The van der Waals surface area contributed by atoms with E-state index in [1.807, 2.05) is 6.07 Å². The van der Waals surface area contributed by atoms with Crippen LogP contribution in [-0.2, 0) is 9.59 Å². The van der Waals surface area contributed by atoms with Crippen LogP contribution in [-0.4, -0.2) is 30.8 Å². The molecule has 2 aromatic rings. The second kappa shape index (κ2) is 6.99. The Labute approximate surface area is 138 Å². The van der Waals surface area contributed by atoms with E-state index in [0.29, 0.717) is 18.7 Å². The van der Waals surface area contributed by atoms with Crippen molar-refractivity contribution >= 4 is 29.1 Å². The number of hydrogen-bond acceptors (Lipinski definition) is 4. The zero-order valence-corrected chi connectivity index (χ0v) is 13.0. The number of anilines is 2. The zero-order chi connectivity index (χ0) is 16.9. The number of nitrogens with one attached hydrogen (secondary N) is 2. The molecule has 0 atom stereocenters. The number of hydrogen-bond donors (Lipinski definition) is 2. The van der Waals surface area contributed by atoms with Crippen molar-refractivity contribution in [3.63, 3.8) is 0 Å². The van der Waals surface area contributed by atoms with Gasteiger partial charge in [0, 0.05) is 24.3 Å². The van der Waals surface area contributed by atoms with Crippen LogP contribution in [0.5, 0.6) is 0 Å². The Hall–Kier alpha value is -3.09. The third-order valence-electron chi connectivity index (χ3n) is 3.67. The molecule has 24 heavy (non-hydrogen) atoms. The van der Waals surface area contributed by atoms with Gasteiger partial charge in [0.05, 0.1) is 12.8 Å². The first-order valence-electron chi connectivity index (χ1n) is 7.65. The minimum absolute atomic E-state index is 0.0872. The van der Waals surface area contributed by atoms with Gasteiger partial charge in [-0.05, 0) is 36.8 Å². The van der Waals surface area contributed by atoms with Gasteiger partial charge in [-0.2, -0.15) is 0 Å². The molecule has 1 aliphatic rings. The molecule has 1 aromatic carbocycles. The standard InChI is InChI=1S/C17H17N3O4/c21-15(11-18-17(23)14-6-3-9-24-14)19-12-4-1-5-13(10-12)20-8-2-7-16(20)22/h1,3-6,9-10H,2,7-8,11H2,(H,18,23)(H,19,21). The van der Waals surface area contributed by atoms with Gasteiger partial charge in [0.1, 0.15) is 0 Å². The summed E-state index contributed by atoms with van der Waals surface area (Å²) in [4.78, 5) is 37.1.